The first-order valence-corrected chi connectivity index (χ1v) is 7.81. The lowest BCUT2D eigenvalue weighted by Gasteiger charge is -2.12. The van der Waals surface area contributed by atoms with Crippen LogP contribution < -0.4 is 20.1 Å². The van der Waals surface area contributed by atoms with E-state index < -0.39 is 0 Å². The van der Waals surface area contributed by atoms with Crippen LogP contribution >= 0.6 is 12.2 Å². The lowest BCUT2D eigenvalue weighted by molar-refractivity contribution is 0.409. The summed E-state index contributed by atoms with van der Waals surface area (Å²) in [6.07, 6.45) is 3.56. The van der Waals surface area contributed by atoms with Crippen molar-refractivity contribution in [1.82, 2.24) is 10.3 Å². The molecule has 0 saturated carbocycles. The number of nitrogens with one attached hydrogen (secondary N) is 2. The number of rotatable bonds is 7. The number of aryl methyl sites for hydroxylation is 1. The number of nitrogens with zero attached hydrogens (tertiary/aromatic N) is 1. The molecule has 0 aliphatic rings. The van der Waals surface area contributed by atoms with Gasteiger partial charge in [0.2, 0.25) is 0 Å². The second-order valence-corrected chi connectivity index (χ2v) is 5.26. The van der Waals surface area contributed by atoms with E-state index in [1.807, 2.05) is 30.3 Å². The number of para-hydroxylation sites is 1. The van der Waals surface area contributed by atoms with Gasteiger partial charge in [-0.15, -0.1) is 0 Å². The van der Waals surface area contributed by atoms with Crippen molar-refractivity contribution in [2.24, 2.45) is 0 Å². The lowest BCUT2D eigenvalue weighted by atomic mass is 10.1. The molecule has 23 heavy (non-hydrogen) atoms. The molecular formula is C17H21N3O2S. The van der Waals surface area contributed by atoms with Gasteiger partial charge in [-0.25, -0.2) is 4.98 Å². The molecule has 0 bridgehead atoms. The molecule has 2 rings (SSSR count). The second-order valence-electron chi connectivity index (χ2n) is 4.85. The third-order valence-corrected chi connectivity index (χ3v) is 3.57. The van der Waals surface area contributed by atoms with Gasteiger partial charge < -0.3 is 20.1 Å². The van der Waals surface area contributed by atoms with Crippen molar-refractivity contribution in [3.8, 4) is 11.5 Å². The smallest absolute Gasteiger partial charge is 0.174 e. The molecule has 5 nitrogen and oxygen atoms in total. The van der Waals surface area contributed by atoms with Crippen LogP contribution in [0.4, 0.5) is 5.82 Å². The van der Waals surface area contributed by atoms with Gasteiger partial charge in [0.15, 0.2) is 16.7 Å². The van der Waals surface area contributed by atoms with Crippen LogP contribution in [0.2, 0.25) is 0 Å². The van der Waals surface area contributed by atoms with Crippen LogP contribution in [0.5, 0.6) is 11.5 Å². The molecule has 122 valence electrons. The average molecular weight is 331 g/mol. The maximum Gasteiger partial charge on any atom is 0.174 e. The van der Waals surface area contributed by atoms with Crippen LogP contribution in [0.25, 0.3) is 0 Å². The molecule has 2 aromatic rings. The molecule has 6 heteroatoms. The number of hydrogen-bond donors (Lipinski definition) is 2. The summed E-state index contributed by atoms with van der Waals surface area (Å²) in [5.74, 6) is 2.19. The number of benzene rings is 1. The number of pyridine rings is 1. The molecule has 1 aromatic heterocycles. The minimum Gasteiger partial charge on any atom is -0.496 e. The van der Waals surface area contributed by atoms with Gasteiger partial charge in [0.25, 0.3) is 0 Å². The Morgan fingerprint density at radius 1 is 1.09 bits per heavy atom. The van der Waals surface area contributed by atoms with Gasteiger partial charge in [-0.05, 0) is 48.8 Å². The van der Waals surface area contributed by atoms with Gasteiger partial charge in [0, 0.05) is 12.7 Å². The predicted molar refractivity (Wildman–Crippen MR) is 96.3 cm³/mol. The Kier molecular flexibility index (Phi) is 6.62. The number of anilines is 1. The number of hydrogen-bond acceptors (Lipinski definition) is 4. The van der Waals surface area contributed by atoms with E-state index in [4.69, 9.17) is 21.7 Å². The summed E-state index contributed by atoms with van der Waals surface area (Å²) in [4.78, 5) is 4.21. The molecule has 0 fully saturated rings. The molecule has 0 amide bonds. The Labute approximate surface area is 142 Å². The maximum absolute atomic E-state index is 5.35. The SMILES string of the molecule is COc1ccccc1CCCNC(=S)Nc1ncccc1OC. The number of thiocarbonyl (C=S) groups is 1. The van der Waals surface area contributed by atoms with Crippen molar-refractivity contribution in [3.63, 3.8) is 0 Å². The number of methoxy groups -OCH3 is 2. The van der Waals surface area contributed by atoms with E-state index in [1.165, 1.54) is 5.56 Å². The van der Waals surface area contributed by atoms with Gasteiger partial charge in [0.1, 0.15) is 5.75 Å². The van der Waals surface area contributed by atoms with Crippen LogP contribution in [0.3, 0.4) is 0 Å². The molecule has 0 saturated heterocycles. The molecule has 0 unspecified atom stereocenters. The highest BCUT2D eigenvalue weighted by molar-refractivity contribution is 7.80. The van der Waals surface area contributed by atoms with Crippen LogP contribution in [0.1, 0.15) is 12.0 Å². The summed E-state index contributed by atoms with van der Waals surface area (Å²) in [6.45, 7) is 0.763. The maximum atomic E-state index is 5.35. The summed E-state index contributed by atoms with van der Waals surface area (Å²) in [7, 11) is 3.29. The largest absolute Gasteiger partial charge is 0.496 e. The topological polar surface area (TPSA) is 55.4 Å². The van der Waals surface area contributed by atoms with Crippen molar-refractivity contribution in [2.45, 2.75) is 12.8 Å². The summed E-state index contributed by atoms with van der Waals surface area (Å²) < 4.78 is 10.6. The normalized spacial score (nSPS) is 10.0. The highest BCUT2D eigenvalue weighted by Gasteiger charge is 2.05. The van der Waals surface area contributed by atoms with Crippen molar-refractivity contribution in [3.05, 3.63) is 48.2 Å². The molecular weight excluding hydrogens is 310 g/mol. The first-order valence-electron chi connectivity index (χ1n) is 7.40. The van der Waals surface area contributed by atoms with Crippen molar-refractivity contribution in [2.75, 3.05) is 26.1 Å². The highest BCUT2D eigenvalue weighted by Crippen LogP contribution is 2.20. The van der Waals surface area contributed by atoms with Crippen molar-refractivity contribution < 1.29 is 9.47 Å². The van der Waals surface area contributed by atoms with Crippen LogP contribution in [0, 0.1) is 0 Å². The quantitative estimate of drug-likeness (QED) is 0.601. The molecule has 0 radical (unpaired) electrons. The van der Waals surface area contributed by atoms with E-state index in [0.717, 1.165) is 25.1 Å². The molecule has 0 aliphatic heterocycles. The third-order valence-electron chi connectivity index (χ3n) is 3.32. The van der Waals surface area contributed by atoms with Gasteiger partial charge in [0.05, 0.1) is 14.2 Å². The lowest BCUT2D eigenvalue weighted by Crippen LogP contribution is -2.30. The number of aromatic nitrogens is 1. The summed E-state index contributed by atoms with van der Waals surface area (Å²) >= 11 is 5.28. The minimum absolute atomic E-state index is 0.530. The monoisotopic (exact) mass is 331 g/mol. The van der Waals surface area contributed by atoms with Crippen LogP contribution in [-0.2, 0) is 6.42 Å². The Balaban J connectivity index is 1.77. The average Bonchev–Trinajstić information content (AvgIpc) is 2.59. The highest BCUT2D eigenvalue weighted by atomic mass is 32.1. The van der Waals surface area contributed by atoms with E-state index in [1.54, 1.807) is 20.4 Å². The first kappa shape index (κ1) is 17.0. The van der Waals surface area contributed by atoms with Crippen LogP contribution in [-0.4, -0.2) is 30.9 Å². The zero-order chi connectivity index (χ0) is 16.5. The van der Waals surface area contributed by atoms with E-state index >= 15 is 0 Å². The van der Waals surface area contributed by atoms with Gasteiger partial charge in [-0.2, -0.15) is 0 Å². The fraction of sp³-hybridized carbons (Fsp3) is 0.294. The minimum atomic E-state index is 0.530. The van der Waals surface area contributed by atoms with E-state index in [-0.39, 0.29) is 0 Å². The van der Waals surface area contributed by atoms with Gasteiger partial charge >= 0.3 is 0 Å². The van der Waals surface area contributed by atoms with Gasteiger partial charge in [-0.3, -0.25) is 0 Å². The third kappa shape index (κ3) is 5.10. The van der Waals surface area contributed by atoms with Crippen molar-refractivity contribution >= 4 is 23.1 Å². The number of ether oxygens (including phenoxy) is 2. The molecule has 1 aromatic carbocycles. The summed E-state index contributed by atoms with van der Waals surface area (Å²) in [5.41, 5.74) is 1.20. The Morgan fingerprint density at radius 2 is 1.83 bits per heavy atom. The molecule has 0 spiro atoms. The standard InChI is InChI=1S/C17H21N3O2S/c1-21-14-9-4-3-7-13(14)8-5-12-19-17(23)20-16-15(22-2)10-6-11-18-16/h3-4,6-7,9-11H,5,8,12H2,1-2H3,(H2,18,19,20,23). The molecule has 1 heterocycles. The van der Waals surface area contributed by atoms with E-state index in [0.29, 0.717) is 16.7 Å². The van der Waals surface area contributed by atoms with Crippen molar-refractivity contribution in [1.29, 1.82) is 0 Å². The molecule has 0 aliphatic carbocycles. The fourth-order valence-corrected chi connectivity index (χ4v) is 2.39. The first-order chi connectivity index (χ1) is 11.2. The summed E-state index contributed by atoms with van der Waals surface area (Å²) in [6, 6.07) is 11.7. The summed E-state index contributed by atoms with van der Waals surface area (Å²) in [5, 5.41) is 6.75. The molecule has 2 N–H and O–H groups in total. The zero-order valence-electron chi connectivity index (χ0n) is 13.3. The van der Waals surface area contributed by atoms with Gasteiger partial charge in [-0.1, -0.05) is 18.2 Å². The van der Waals surface area contributed by atoms with E-state index in [2.05, 4.69) is 21.7 Å². The Bertz CT molecular complexity index is 649. The predicted octanol–water partition coefficient (Wildman–Crippen LogP) is 3.02. The zero-order valence-corrected chi connectivity index (χ0v) is 14.2. The Morgan fingerprint density at radius 3 is 2.61 bits per heavy atom. The Hall–Kier alpha value is -2.34. The van der Waals surface area contributed by atoms with E-state index in [9.17, 15) is 0 Å². The van der Waals surface area contributed by atoms with Crippen LogP contribution in [0.15, 0.2) is 42.6 Å². The fourth-order valence-electron chi connectivity index (χ4n) is 2.19. The molecule has 0 atom stereocenters. The second kappa shape index (κ2) is 8.95.